The van der Waals surface area contributed by atoms with E-state index in [0.717, 1.165) is 24.6 Å². The first-order valence-electron chi connectivity index (χ1n) is 7.17. The molecule has 0 unspecified atom stereocenters. The van der Waals surface area contributed by atoms with Crippen molar-refractivity contribution in [3.05, 3.63) is 42.2 Å². The lowest BCUT2D eigenvalue weighted by Crippen LogP contribution is -2.29. The molecule has 0 aliphatic heterocycles. The van der Waals surface area contributed by atoms with Gasteiger partial charge in [0, 0.05) is 24.3 Å². The molecule has 2 aromatic rings. The van der Waals surface area contributed by atoms with E-state index >= 15 is 0 Å². The maximum atomic E-state index is 11.2. The number of carbonyl (C=O) groups is 2. The summed E-state index contributed by atoms with van der Waals surface area (Å²) in [5.74, 6) is -0.668. The molecule has 116 valence electrons. The van der Waals surface area contributed by atoms with Crippen molar-refractivity contribution in [2.45, 2.75) is 19.3 Å². The number of nitrogens with zero attached hydrogens (tertiary/aromatic N) is 1. The van der Waals surface area contributed by atoms with Crippen LogP contribution >= 0.6 is 0 Å². The first kappa shape index (κ1) is 15.8. The van der Waals surface area contributed by atoms with Crippen LogP contribution in [0.1, 0.15) is 18.4 Å². The maximum absolute atomic E-state index is 11.2. The number of nitrogens with two attached hydrogens (primary N) is 1. The van der Waals surface area contributed by atoms with Crippen LogP contribution in [-0.4, -0.2) is 30.1 Å². The predicted octanol–water partition coefficient (Wildman–Crippen LogP) is 1.77. The van der Waals surface area contributed by atoms with Crippen LogP contribution in [0.4, 0.5) is 4.79 Å². The van der Waals surface area contributed by atoms with Crippen molar-refractivity contribution in [3.63, 3.8) is 0 Å². The Kier molecular flexibility index (Phi) is 5.71. The van der Waals surface area contributed by atoms with E-state index in [9.17, 15) is 9.59 Å². The van der Waals surface area contributed by atoms with E-state index in [-0.39, 0.29) is 0 Å². The standard InChI is InChI=1S/C16H19N3O3/c17-15(20)11-22-16(21)19-8-4-3-6-13-10-18-9-12-5-1-2-7-14(12)13/h1-2,5,7,9-10H,3-4,6,8,11H2,(H2,17,20)(H,19,21). The van der Waals surface area contributed by atoms with E-state index in [4.69, 9.17) is 5.73 Å². The molecule has 6 heteroatoms. The molecule has 0 radical (unpaired) electrons. The Hall–Kier alpha value is -2.63. The van der Waals surface area contributed by atoms with E-state index in [1.807, 2.05) is 30.6 Å². The van der Waals surface area contributed by atoms with Gasteiger partial charge in [0.25, 0.3) is 5.91 Å². The third kappa shape index (κ3) is 4.73. The topological polar surface area (TPSA) is 94.3 Å². The number of carbonyl (C=O) groups excluding carboxylic acids is 2. The van der Waals surface area contributed by atoms with Gasteiger partial charge in [-0.05, 0) is 30.2 Å². The highest BCUT2D eigenvalue weighted by Gasteiger charge is 2.04. The molecule has 0 atom stereocenters. The van der Waals surface area contributed by atoms with Crippen LogP contribution in [0, 0.1) is 0 Å². The summed E-state index contributed by atoms with van der Waals surface area (Å²) >= 11 is 0. The number of unbranched alkanes of at least 4 members (excludes halogenated alkanes) is 1. The summed E-state index contributed by atoms with van der Waals surface area (Å²) in [5, 5.41) is 4.92. The van der Waals surface area contributed by atoms with Crippen molar-refractivity contribution >= 4 is 22.8 Å². The number of hydrogen-bond acceptors (Lipinski definition) is 4. The molecule has 0 saturated carbocycles. The largest absolute Gasteiger partial charge is 0.439 e. The molecule has 6 nitrogen and oxygen atoms in total. The van der Waals surface area contributed by atoms with Gasteiger partial charge in [-0.25, -0.2) is 4.79 Å². The minimum atomic E-state index is -0.668. The van der Waals surface area contributed by atoms with E-state index in [1.54, 1.807) is 0 Å². The number of primary amides is 1. The Bertz CT molecular complexity index is 653. The first-order valence-corrected chi connectivity index (χ1v) is 7.17. The number of aryl methyl sites for hydroxylation is 1. The predicted molar refractivity (Wildman–Crippen MR) is 83.2 cm³/mol. The van der Waals surface area contributed by atoms with Gasteiger partial charge in [0.1, 0.15) is 0 Å². The Morgan fingerprint density at radius 2 is 2.00 bits per heavy atom. The highest BCUT2D eigenvalue weighted by atomic mass is 16.6. The number of ether oxygens (including phenoxy) is 1. The maximum Gasteiger partial charge on any atom is 0.407 e. The van der Waals surface area contributed by atoms with Crippen LogP contribution in [0.2, 0.25) is 0 Å². The van der Waals surface area contributed by atoms with Gasteiger partial charge < -0.3 is 15.8 Å². The number of pyridine rings is 1. The Labute approximate surface area is 128 Å². The molecule has 1 aromatic carbocycles. The highest BCUT2D eigenvalue weighted by Crippen LogP contribution is 2.18. The Morgan fingerprint density at radius 3 is 2.82 bits per heavy atom. The van der Waals surface area contributed by atoms with Gasteiger partial charge >= 0.3 is 6.09 Å². The molecule has 1 aromatic heterocycles. The lowest BCUT2D eigenvalue weighted by atomic mass is 10.0. The molecule has 2 amide bonds. The molecule has 22 heavy (non-hydrogen) atoms. The Morgan fingerprint density at radius 1 is 1.18 bits per heavy atom. The van der Waals surface area contributed by atoms with Gasteiger partial charge in [-0.15, -0.1) is 0 Å². The number of hydrogen-bond donors (Lipinski definition) is 2. The van der Waals surface area contributed by atoms with E-state index < -0.39 is 18.6 Å². The van der Waals surface area contributed by atoms with Crippen molar-refractivity contribution < 1.29 is 14.3 Å². The van der Waals surface area contributed by atoms with Crippen molar-refractivity contribution in [3.8, 4) is 0 Å². The summed E-state index contributed by atoms with van der Waals surface area (Å²) < 4.78 is 4.59. The zero-order valence-electron chi connectivity index (χ0n) is 12.2. The van der Waals surface area contributed by atoms with Crippen molar-refractivity contribution in [2.24, 2.45) is 5.73 Å². The lowest BCUT2D eigenvalue weighted by Gasteiger charge is -2.07. The van der Waals surface area contributed by atoms with Crippen LogP contribution in [0.25, 0.3) is 10.8 Å². The fourth-order valence-corrected chi connectivity index (χ4v) is 2.20. The fourth-order valence-electron chi connectivity index (χ4n) is 2.20. The van der Waals surface area contributed by atoms with Gasteiger partial charge in [-0.2, -0.15) is 0 Å². The van der Waals surface area contributed by atoms with Crippen LogP contribution in [-0.2, 0) is 16.0 Å². The first-order chi connectivity index (χ1) is 10.7. The second kappa shape index (κ2) is 7.97. The van der Waals surface area contributed by atoms with Gasteiger partial charge in [-0.1, -0.05) is 24.3 Å². The summed E-state index contributed by atoms with van der Waals surface area (Å²) in [5.41, 5.74) is 6.08. The monoisotopic (exact) mass is 301 g/mol. The SMILES string of the molecule is NC(=O)COC(=O)NCCCCc1cncc2ccccc12. The molecular weight excluding hydrogens is 282 g/mol. The van der Waals surface area contributed by atoms with Gasteiger partial charge in [-0.3, -0.25) is 9.78 Å². The quantitative estimate of drug-likeness (QED) is 0.762. The third-order valence-corrected chi connectivity index (χ3v) is 3.24. The average Bonchev–Trinajstić information content (AvgIpc) is 2.52. The van der Waals surface area contributed by atoms with Crippen LogP contribution in [0.3, 0.4) is 0 Å². The molecule has 0 saturated heterocycles. The number of amides is 2. The summed E-state index contributed by atoms with van der Waals surface area (Å²) in [4.78, 5) is 25.9. The smallest absolute Gasteiger partial charge is 0.407 e. The third-order valence-electron chi connectivity index (χ3n) is 3.24. The summed E-state index contributed by atoms with van der Waals surface area (Å²) in [6.45, 7) is 0.100. The molecule has 3 N–H and O–H groups in total. The van der Waals surface area contributed by atoms with E-state index in [2.05, 4.69) is 21.1 Å². The normalized spacial score (nSPS) is 10.4. The van der Waals surface area contributed by atoms with Crippen molar-refractivity contribution in [2.75, 3.05) is 13.2 Å². The number of rotatable bonds is 7. The van der Waals surface area contributed by atoms with Gasteiger partial charge in [0.2, 0.25) is 0 Å². The van der Waals surface area contributed by atoms with E-state index in [0.29, 0.717) is 6.54 Å². The molecule has 0 aliphatic carbocycles. The number of alkyl carbamates (subject to hydrolysis) is 1. The van der Waals surface area contributed by atoms with Crippen molar-refractivity contribution in [1.29, 1.82) is 0 Å². The summed E-state index contributed by atoms with van der Waals surface area (Å²) in [7, 11) is 0. The zero-order valence-corrected chi connectivity index (χ0v) is 12.2. The van der Waals surface area contributed by atoms with Gasteiger partial charge in [0.05, 0.1) is 0 Å². The van der Waals surface area contributed by atoms with E-state index in [1.165, 1.54) is 10.9 Å². The molecular formula is C16H19N3O3. The minimum absolute atomic E-state index is 0.395. The van der Waals surface area contributed by atoms with Crippen molar-refractivity contribution in [1.82, 2.24) is 10.3 Å². The molecule has 0 aliphatic rings. The number of nitrogens with one attached hydrogen (secondary N) is 1. The second-order valence-corrected chi connectivity index (χ2v) is 4.95. The summed E-state index contributed by atoms with van der Waals surface area (Å²) in [6, 6.07) is 8.14. The summed E-state index contributed by atoms with van der Waals surface area (Å²) in [6.07, 6.45) is 5.75. The minimum Gasteiger partial charge on any atom is -0.439 e. The number of aromatic nitrogens is 1. The molecule has 0 fully saturated rings. The fraction of sp³-hybridized carbons (Fsp3) is 0.312. The number of fused-ring (bicyclic) bond motifs is 1. The van der Waals surface area contributed by atoms with Crippen LogP contribution in [0.5, 0.6) is 0 Å². The molecule has 0 bridgehead atoms. The number of benzene rings is 1. The zero-order chi connectivity index (χ0) is 15.8. The van der Waals surface area contributed by atoms with Gasteiger partial charge in [0.15, 0.2) is 6.61 Å². The molecule has 0 spiro atoms. The second-order valence-electron chi connectivity index (χ2n) is 4.95. The lowest BCUT2D eigenvalue weighted by molar-refractivity contribution is -0.120. The molecule has 2 rings (SSSR count). The Balaban J connectivity index is 1.72. The molecule has 1 heterocycles. The highest BCUT2D eigenvalue weighted by molar-refractivity contribution is 5.84. The van der Waals surface area contributed by atoms with Crippen LogP contribution < -0.4 is 11.1 Å². The van der Waals surface area contributed by atoms with Crippen LogP contribution in [0.15, 0.2) is 36.7 Å². The average molecular weight is 301 g/mol.